The number of rotatable bonds is 7. The van der Waals surface area contributed by atoms with E-state index in [9.17, 15) is 4.79 Å². The third-order valence-electron chi connectivity index (χ3n) is 3.61. The quantitative estimate of drug-likeness (QED) is 0.809. The van der Waals surface area contributed by atoms with Crippen molar-refractivity contribution in [2.75, 3.05) is 13.7 Å². The summed E-state index contributed by atoms with van der Waals surface area (Å²) in [5.74, 6) is 0. The van der Waals surface area contributed by atoms with Crippen molar-refractivity contribution in [3.05, 3.63) is 35.9 Å². The number of methoxy groups -OCH3 is 1. The second-order valence-electron chi connectivity index (χ2n) is 6.75. The number of alkyl carbamates (subject to hydrolysis) is 1. The monoisotopic (exact) mass is 322 g/mol. The number of amides is 1. The number of carbonyl (C=O) groups excluding carboxylic acids is 1. The van der Waals surface area contributed by atoms with Gasteiger partial charge in [0.05, 0.1) is 12.1 Å². The van der Waals surface area contributed by atoms with E-state index in [1.165, 1.54) is 0 Å². The Kier molecular flexibility index (Phi) is 7.52. The van der Waals surface area contributed by atoms with Crippen LogP contribution in [0.4, 0.5) is 4.79 Å². The van der Waals surface area contributed by atoms with Gasteiger partial charge in [0, 0.05) is 19.7 Å². The van der Waals surface area contributed by atoms with Gasteiger partial charge in [-0.3, -0.25) is 0 Å². The molecular weight excluding hydrogens is 292 g/mol. The van der Waals surface area contributed by atoms with Gasteiger partial charge in [-0.1, -0.05) is 30.3 Å². The molecule has 0 saturated carbocycles. The van der Waals surface area contributed by atoms with E-state index in [-0.39, 0.29) is 18.2 Å². The molecule has 1 rings (SSSR count). The summed E-state index contributed by atoms with van der Waals surface area (Å²) in [6.07, 6.45) is -0.325. The second-order valence-corrected chi connectivity index (χ2v) is 6.75. The molecule has 0 saturated heterocycles. The summed E-state index contributed by atoms with van der Waals surface area (Å²) >= 11 is 0. The maximum Gasteiger partial charge on any atom is 0.408 e. The van der Waals surface area contributed by atoms with Gasteiger partial charge in [-0.2, -0.15) is 0 Å². The highest BCUT2D eigenvalue weighted by molar-refractivity contribution is 5.68. The summed E-state index contributed by atoms with van der Waals surface area (Å²) in [5.41, 5.74) is 0.513. The van der Waals surface area contributed by atoms with Gasteiger partial charge in [0.15, 0.2) is 0 Å². The van der Waals surface area contributed by atoms with Gasteiger partial charge in [-0.15, -0.1) is 0 Å². The van der Waals surface area contributed by atoms with Crippen LogP contribution >= 0.6 is 0 Å². The van der Waals surface area contributed by atoms with Crippen LogP contribution < -0.4 is 10.6 Å². The number of hydrogen-bond donors (Lipinski definition) is 2. The van der Waals surface area contributed by atoms with Gasteiger partial charge >= 0.3 is 6.09 Å². The molecule has 0 aromatic heterocycles. The molecule has 0 aliphatic rings. The minimum atomic E-state index is -0.517. The van der Waals surface area contributed by atoms with Crippen LogP contribution in [0.3, 0.4) is 0 Å². The topological polar surface area (TPSA) is 59.6 Å². The van der Waals surface area contributed by atoms with Crippen molar-refractivity contribution in [2.45, 2.75) is 58.4 Å². The zero-order valence-electron chi connectivity index (χ0n) is 15.1. The lowest BCUT2D eigenvalue weighted by Crippen LogP contribution is -2.44. The highest BCUT2D eigenvalue weighted by Crippen LogP contribution is 2.14. The van der Waals surface area contributed by atoms with E-state index in [4.69, 9.17) is 9.47 Å². The summed E-state index contributed by atoms with van der Waals surface area (Å²) in [7, 11) is 1.69. The maximum atomic E-state index is 12.1. The highest BCUT2D eigenvalue weighted by atomic mass is 16.6. The average Bonchev–Trinajstić information content (AvgIpc) is 2.49. The van der Waals surface area contributed by atoms with Crippen LogP contribution in [0.25, 0.3) is 0 Å². The Morgan fingerprint density at radius 3 is 2.30 bits per heavy atom. The van der Waals surface area contributed by atoms with Crippen molar-refractivity contribution in [3.63, 3.8) is 0 Å². The summed E-state index contributed by atoms with van der Waals surface area (Å²) in [4.78, 5) is 12.1. The van der Waals surface area contributed by atoms with E-state index in [0.717, 1.165) is 5.56 Å². The van der Waals surface area contributed by atoms with Gasteiger partial charge in [-0.25, -0.2) is 4.79 Å². The standard InChI is InChI=1S/C18H30N2O3/c1-13(14(2)22-6)19-12-16(15-10-8-7-9-11-15)20-17(21)23-18(3,4)5/h7-11,13-14,16,19H,12H2,1-6H3,(H,20,21). The molecule has 1 amide bonds. The molecule has 0 spiro atoms. The van der Waals surface area contributed by atoms with Crippen LogP contribution in [0.15, 0.2) is 30.3 Å². The number of ether oxygens (including phenoxy) is 2. The van der Waals surface area contributed by atoms with Gasteiger partial charge in [-0.05, 0) is 40.2 Å². The van der Waals surface area contributed by atoms with E-state index < -0.39 is 11.7 Å². The van der Waals surface area contributed by atoms with Crippen LogP contribution in [0.2, 0.25) is 0 Å². The smallest absolute Gasteiger partial charge is 0.408 e. The van der Waals surface area contributed by atoms with Crippen LogP contribution in [0.1, 0.15) is 46.2 Å². The molecule has 3 atom stereocenters. The second kappa shape index (κ2) is 8.89. The highest BCUT2D eigenvalue weighted by Gasteiger charge is 2.21. The first-order chi connectivity index (χ1) is 10.7. The molecule has 0 radical (unpaired) electrons. The molecule has 0 aliphatic heterocycles. The fraction of sp³-hybridized carbons (Fsp3) is 0.611. The molecule has 2 N–H and O–H groups in total. The van der Waals surface area contributed by atoms with E-state index in [2.05, 4.69) is 17.6 Å². The molecule has 0 aliphatic carbocycles. The molecular formula is C18H30N2O3. The summed E-state index contributed by atoms with van der Waals surface area (Å²) in [5, 5.41) is 6.34. The van der Waals surface area contributed by atoms with Crippen LogP contribution in [0.5, 0.6) is 0 Å². The SMILES string of the molecule is COC(C)C(C)NCC(NC(=O)OC(C)(C)C)c1ccccc1. The van der Waals surface area contributed by atoms with E-state index in [1.54, 1.807) is 7.11 Å². The fourth-order valence-electron chi connectivity index (χ4n) is 2.06. The predicted molar refractivity (Wildman–Crippen MR) is 92.5 cm³/mol. The third kappa shape index (κ3) is 7.48. The fourth-order valence-corrected chi connectivity index (χ4v) is 2.06. The molecule has 0 fully saturated rings. The van der Waals surface area contributed by atoms with Gasteiger partial charge in [0.2, 0.25) is 0 Å². The first-order valence-electron chi connectivity index (χ1n) is 8.03. The molecule has 0 heterocycles. The van der Waals surface area contributed by atoms with Crippen LogP contribution in [0, 0.1) is 0 Å². The van der Waals surface area contributed by atoms with Crippen molar-refractivity contribution in [2.24, 2.45) is 0 Å². The lowest BCUT2D eigenvalue weighted by Gasteiger charge is -2.26. The summed E-state index contributed by atoms with van der Waals surface area (Å²) in [6.45, 7) is 10.2. The predicted octanol–water partition coefficient (Wildman–Crippen LogP) is 3.27. The molecule has 5 heteroatoms. The maximum absolute atomic E-state index is 12.1. The Balaban J connectivity index is 2.73. The lowest BCUT2D eigenvalue weighted by atomic mass is 10.1. The van der Waals surface area contributed by atoms with Gasteiger partial charge in [0.1, 0.15) is 5.60 Å². The van der Waals surface area contributed by atoms with Gasteiger partial charge < -0.3 is 20.1 Å². The van der Waals surface area contributed by atoms with Gasteiger partial charge in [0.25, 0.3) is 0 Å². The Morgan fingerprint density at radius 1 is 1.17 bits per heavy atom. The van der Waals surface area contributed by atoms with Crippen molar-refractivity contribution >= 4 is 6.09 Å². The first-order valence-corrected chi connectivity index (χ1v) is 8.03. The zero-order valence-corrected chi connectivity index (χ0v) is 15.1. The van der Waals surface area contributed by atoms with Crippen molar-refractivity contribution < 1.29 is 14.3 Å². The zero-order chi connectivity index (χ0) is 17.5. The molecule has 23 heavy (non-hydrogen) atoms. The Bertz CT molecular complexity index is 471. The molecule has 3 unspecified atom stereocenters. The van der Waals surface area contributed by atoms with Crippen LogP contribution in [-0.2, 0) is 9.47 Å². The van der Waals surface area contributed by atoms with Crippen LogP contribution in [-0.4, -0.2) is 37.5 Å². The van der Waals surface area contributed by atoms with E-state index in [1.807, 2.05) is 58.0 Å². The van der Waals surface area contributed by atoms with Crippen molar-refractivity contribution in [1.29, 1.82) is 0 Å². The lowest BCUT2D eigenvalue weighted by molar-refractivity contribution is 0.0497. The Hall–Kier alpha value is -1.59. The Labute approximate surface area is 139 Å². The number of benzene rings is 1. The largest absolute Gasteiger partial charge is 0.444 e. The normalized spacial score (nSPS) is 15.6. The average molecular weight is 322 g/mol. The molecule has 5 nitrogen and oxygen atoms in total. The first kappa shape index (κ1) is 19.5. The van der Waals surface area contributed by atoms with Crippen molar-refractivity contribution in [3.8, 4) is 0 Å². The third-order valence-corrected chi connectivity index (χ3v) is 3.61. The summed E-state index contributed by atoms with van der Waals surface area (Å²) in [6, 6.07) is 9.86. The molecule has 1 aromatic carbocycles. The number of carbonyl (C=O) groups is 1. The summed E-state index contributed by atoms with van der Waals surface area (Å²) < 4.78 is 10.7. The number of hydrogen-bond acceptors (Lipinski definition) is 4. The molecule has 1 aromatic rings. The minimum absolute atomic E-state index is 0.0907. The minimum Gasteiger partial charge on any atom is -0.444 e. The Morgan fingerprint density at radius 2 is 1.78 bits per heavy atom. The van der Waals surface area contributed by atoms with Crippen molar-refractivity contribution in [1.82, 2.24) is 10.6 Å². The van der Waals surface area contributed by atoms with E-state index in [0.29, 0.717) is 6.54 Å². The molecule has 130 valence electrons. The molecule has 0 bridgehead atoms. The number of nitrogens with one attached hydrogen (secondary N) is 2. The van der Waals surface area contributed by atoms with E-state index >= 15 is 0 Å².